The highest BCUT2D eigenvalue weighted by molar-refractivity contribution is 14.1. The Morgan fingerprint density at radius 3 is 2.00 bits per heavy atom. The number of carbonyl (C=O) groups excluding carboxylic acids is 2. The number of carbonyl (C=O) groups is 2. The van der Waals surface area contributed by atoms with Crippen LogP contribution in [0.4, 0.5) is 0 Å². The van der Waals surface area contributed by atoms with Crippen LogP contribution in [0.15, 0.2) is 60.2 Å². The highest BCUT2D eigenvalue weighted by Crippen LogP contribution is 2.24. The second-order valence-corrected chi connectivity index (χ2v) is 6.67. The molecule has 142 valence electrons. The summed E-state index contributed by atoms with van der Waals surface area (Å²) >= 11 is 2.17. The highest BCUT2D eigenvalue weighted by atomic mass is 127. The van der Waals surface area contributed by atoms with Crippen molar-refractivity contribution in [3.8, 4) is 0 Å². The minimum absolute atomic E-state index is 0.126. The predicted octanol–water partition coefficient (Wildman–Crippen LogP) is 3.92. The molecule has 6 heteroatoms. The Bertz CT molecular complexity index is 798. The predicted molar refractivity (Wildman–Crippen MR) is 113 cm³/mol. The van der Waals surface area contributed by atoms with E-state index >= 15 is 0 Å². The summed E-state index contributed by atoms with van der Waals surface area (Å²) in [7, 11) is 0. The molecule has 2 aromatic carbocycles. The van der Waals surface area contributed by atoms with E-state index in [2.05, 4.69) is 27.9 Å². The van der Waals surface area contributed by atoms with Crippen LogP contribution in [0.2, 0.25) is 0 Å². The van der Waals surface area contributed by atoms with Gasteiger partial charge in [0, 0.05) is 15.7 Å². The number of hydrogen-bond acceptors (Lipinski definition) is 5. The lowest BCUT2D eigenvalue weighted by Gasteiger charge is -2.17. The average Bonchev–Trinajstić information content (AvgIpc) is 2.67. The molecule has 0 aliphatic carbocycles. The van der Waals surface area contributed by atoms with Crippen LogP contribution in [0.5, 0.6) is 0 Å². The Balaban J connectivity index is 2.54. The fraction of sp³-hybridized carbons (Fsp3) is 0.238. The molecule has 0 radical (unpaired) electrons. The molecule has 0 saturated heterocycles. The molecule has 0 heterocycles. The Kier molecular flexibility index (Phi) is 8.32. The van der Waals surface area contributed by atoms with Gasteiger partial charge in [-0.3, -0.25) is 0 Å². The SMILES string of the molecule is CCOC(=O)C(C(=O)OCC)=C(NCc1ccccc1)c1ccccc1I. The summed E-state index contributed by atoms with van der Waals surface area (Å²) in [5, 5.41) is 3.25. The van der Waals surface area contributed by atoms with Crippen molar-refractivity contribution in [2.24, 2.45) is 0 Å². The molecule has 0 aliphatic heterocycles. The zero-order valence-corrected chi connectivity index (χ0v) is 17.5. The highest BCUT2D eigenvalue weighted by Gasteiger charge is 2.27. The minimum Gasteiger partial charge on any atom is -0.462 e. The molecule has 2 aromatic rings. The van der Waals surface area contributed by atoms with Gasteiger partial charge in [0.25, 0.3) is 0 Å². The normalized spacial score (nSPS) is 10.0. The molecule has 0 saturated carbocycles. The van der Waals surface area contributed by atoms with Gasteiger partial charge in [-0.1, -0.05) is 48.5 Å². The van der Waals surface area contributed by atoms with Crippen molar-refractivity contribution in [3.63, 3.8) is 0 Å². The number of hydrogen-bond donors (Lipinski definition) is 1. The number of esters is 2. The average molecular weight is 479 g/mol. The van der Waals surface area contributed by atoms with Gasteiger partial charge in [-0.25, -0.2) is 9.59 Å². The lowest BCUT2D eigenvalue weighted by Crippen LogP contribution is -2.25. The zero-order chi connectivity index (χ0) is 19.6. The first kappa shape index (κ1) is 21.0. The quantitative estimate of drug-likeness (QED) is 0.205. The van der Waals surface area contributed by atoms with Crippen LogP contribution in [-0.2, 0) is 25.6 Å². The molecule has 0 atom stereocenters. The Morgan fingerprint density at radius 1 is 0.889 bits per heavy atom. The van der Waals surface area contributed by atoms with Gasteiger partial charge in [-0.15, -0.1) is 0 Å². The molecule has 0 unspecified atom stereocenters. The van der Waals surface area contributed by atoms with E-state index in [4.69, 9.17) is 9.47 Å². The summed E-state index contributed by atoms with van der Waals surface area (Å²) in [6, 6.07) is 17.3. The summed E-state index contributed by atoms with van der Waals surface area (Å²) in [4.78, 5) is 25.1. The van der Waals surface area contributed by atoms with Gasteiger partial charge in [0.2, 0.25) is 0 Å². The molecule has 27 heavy (non-hydrogen) atoms. The fourth-order valence-electron chi connectivity index (χ4n) is 2.46. The van der Waals surface area contributed by atoms with Gasteiger partial charge < -0.3 is 14.8 Å². The summed E-state index contributed by atoms with van der Waals surface area (Å²) in [6.07, 6.45) is 0. The second-order valence-electron chi connectivity index (χ2n) is 5.51. The van der Waals surface area contributed by atoms with E-state index in [0.717, 1.165) is 14.7 Å². The fourth-order valence-corrected chi connectivity index (χ4v) is 3.12. The molecule has 0 aromatic heterocycles. The van der Waals surface area contributed by atoms with Crippen molar-refractivity contribution in [1.29, 1.82) is 0 Å². The smallest absolute Gasteiger partial charge is 0.347 e. The van der Waals surface area contributed by atoms with Crippen molar-refractivity contribution in [1.82, 2.24) is 5.32 Å². The zero-order valence-electron chi connectivity index (χ0n) is 15.3. The first-order chi connectivity index (χ1) is 13.1. The van der Waals surface area contributed by atoms with Crippen LogP contribution in [0, 0.1) is 3.57 Å². The van der Waals surface area contributed by atoms with E-state index < -0.39 is 11.9 Å². The van der Waals surface area contributed by atoms with Crippen LogP contribution in [-0.4, -0.2) is 25.2 Å². The molecular formula is C21H22INO4. The van der Waals surface area contributed by atoms with Gasteiger partial charge >= 0.3 is 11.9 Å². The molecule has 0 fully saturated rings. The molecule has 0 spiro atoms. The molecule has 5 nitrogen and oxygen atoms in total. The van der Waals surface area contributed by atoms with Crippen LogP contribution in [0.3, 0.4) is 0 Å². The first-order valence-electron chi connectivity index (χ1n) is 8.69. The van der Waals surface area contributed by atoms with Gasteiger partial charge in [0.15, 0.2) is 5.57 Å². The van der Waals surface area contributed by atoms with Gasteiger partial charge in [0.05, 0.1) is 18.9 Å². The first-order valence-corrected chi connectivity index (χ1v) is 9.77. The number of nitrogens with one attached hydrogen (secondary N) is 1. The van der Waals surface area contributed by atoms with Crippen LogP contribution in [0.1, 0.15) is 25.0 Å². The van der Waals surface area contributed by atoms with Crippen molar-refractivity contribution < 1.29 is 19.1 Å². The molecule has 0 bridgehead atoms. The van der Waals surface area contributed by atoms with Gasteiger partial charge in [0.1, 0.15) is 0 Å². The standard InChI is InChI=1S/C21H22INO4/c1-3-26-20(24)18(21(25)27-4-2)19(16-12-8-9-13-17(16)22)23-14-15-10-6-5-7-11-15/h5-13,23H,3-4,14H2,1-2H3. The third-order valence-corrected chi connectivity index (χ3v) is 4.61. The Hall–Kier alpha value is -2.35. The van der Waals surface area contributed by atoms with E-state index in [1.54, 1.807) is 13.8 Å². The largest absolute Gasteiger partial charge is 0.462 e. The Morgan fingerprint density at radius 2 is 1.44 bits per heavy atom. The number of benzene rings is 2. The lowest BCUT2D eigenvalue weighted by molar-refractivity contribution is -0.146. The van der Waals surface area contributed by atoms with E-state index in [9.17, 15) is 9.59 Å². The molecule has 0 amide bonds. The van der Waals surface area contributed by atoms with Crippen LogP contribution >= 0.6 is 22.6 Å². The maximum absolute atomic E-state index is 12.6. The minimum atomic E-state index is -0.703. The number of halogens is 1. The van der Waals surface area contributed by atoms with Crippen molar-refractivity contribution in [2.75, 3.05) is 13.2 Å². The third kappa shape index (κ3) is 5.82. The topological polar surface area (TPSA) is 64.6 Å². The van der Waals surface area contributed by atoms with E-state index in [1.165, 1.54) is 0 Å². The molecular weight excluding hydrogens is 457 g/mol. The lowest BCUT2D eigenvalue weighted by atomic mass is 10.1. The van der Waals surface area contributed by atoms with Crippen molar-refractivity contribution in [2.45, 2.75) is 20.4 Å². The van der Waals surface area contributed by atoms with E-state index in [0.29, 0.717) is 12.2 Å². The summed E-state index contributed by atoms with van der Waals surface area (Å²) < 4.78 is 11.2. The summed E-state index contributed by atoms with van der Waals surface area (Å²) in [5.74, 6) is -1.41. The van der Waals surface area contributed by atoms with E-state index in [-0.39, 0.29) is 18.8 Å². The number of rotatable bonds is 8. The van der Waals surface area contributed by atoms with Crippen molar-refractivity contribution in [3.05, 3.63) is 74.9 Å². The van der Waals surface area contributed by atoms with Crippen molar-refractivity contribution >= 4 is 40.2 Å². The number of ether oxygens (including phenoxy) is 2. The Labute approximate surface area is 172 Å². The van der Waals surface area contributed by atoms with Crippen LogP contribution < -0.4 is 5.32 Å². The summed E-state index contributed by atoms with van der Waals surface area (Å²) in [5.41, 5.74) is 2.04. The monoisotopic (exact) mass is 479 g/mol. The molecule has 0 aliphatic rings. The maximum atomic E-state index is 12.6. The van der Waals surface area contributed by atoms with E-state index in [1.807, 2.05) is 54.6 Å². The van der Waals surface area contributed by atoms with Gasteiger partial charge in [-0.05, 0) is 48.1 Å². The second kappa shape index (κ2) is 10.7. The summed E-state index contributed by atoms with van der Waals surface area (Å²) in [6.45, 7) is 4.18. The molecule has 1 N–H and O–H groups in total. The maximum Gasteiger partial charge on any atom is 0.347 e. The third-order valence-electron chi connectivity index (χ3n) is 3.66. The molecule has 2 rings (SSSR count). The van der Waals surface area contributed by atoms with Crippen LogP contribution in [0.25, 0.3) is 5.70 Å². The van der Waals surface area contributed by atoms with Gasteiger partial charge in [-0.2, -0.15) is 0 Å².